The molecule has 0 unspecified atom stereocenters. The van der Waals surface area contributed by atoms with Gasteiger partial charge in [0.2, 0.25) is 0 Å². The molecule has 3 N–H and O–H groups in total. The number of benzene rings is 1. The Morgan fingerprint density at radius 3 is 2.91 bits per heavy atom. The summed E-state index contributed by atoms with van der Waals surface area (Å²) in [6.45, 7) is 3.98. The molecule has 1 fully saturated rings. The van der Waals surface area contributed by atoms with Gasteiger partial charge in [-0.3, -0.25) is 14.5 Å². The fraction of sp³-hybridized carbons (Fsp3) is 0.476. The van der Waals surface area contributed by atoms with E-state index in [1.165, 1.54) is 24.3 Å². The molecule has 2 aromatic rings. The number of amides is 2. The van der Waals surface area contributed by atoms with Crippen LogP contribution < -0.4 is 20.9 Å². The van der Waals surface area contributed by atoms with Gasteiger partial charge in [-0.05, 0) is 25.1 Å². The Kier molecular flexibility index (Phi) is 8.58. The van der Waals surface area contributed by atoms with Crippen molar-refractivity contribution in [2.75, 3.05) is 56.2 Å². The fourth-order valence-corrected chi connectivity index (χ4v) is 3.32. The zero-order chi connectivity index (χ0) is 23.8. The average Bonchev–Trinajstić information content (AvgIpc) is 3.46. The van der Waals surface area contributed by atoms with Gasteiger partial charge in [0.15, 0.2) is 0 Å². The minimum atomic E-state index is -0.540. The molecule has 1 saturated heterocycles. The average molecular weight is 464 g/mol. The molecule has 0 bridgehead atoms. The summed E-state index contributed by atoms with van der Waals surface area (Å²) in [5.41, 5.74) is 7.16. The monoisotopic (exact) mass is 464 g/mol. The third kappa shape index (κ3) is 6.40. The van der Waals surface area contributed by atoms with E-state index in [2.05, 4.69) is 10.5 Å². The SMILES string of the molecule is CCN(CCON(C)C(=O)CNCc1cnoc1)c1ccc(N2C[C@H](CN)OC2=O)cc1F. The molecule has 1 aromatic heterocycles. The number of ether oxygens (including phenoxy) is 1. The number of nitrogens with one attached hydrogen (secondary N) is 1. The maximum absolute atomic E-state index is 14.8. The van der Waals surface area contributed by atoms with Crippen LogP contribution in [-0.4, -0.2) is 74.7 Å². The Morgan fingerprint density at radius 1 is 1.45 bits per heavy atom. The lowest BCUT2D eigenvalue weighted by atomic mass is 10.2. The summed E-state index contributed by atoms with van der Waals surface area (Å²) >= 11 is 0. The number of anilines is 2. The molecule has 1 aliphatic heterocycles. The Bertz CT molecular complexity index is 928. The Balaban J connectivity index is 1.48. The molecule has 1 aromatic carbocycles. The van der Waals surface area contributed by atoms with E-state index in [-0.39, 0.29) is 32.1 Å². The van der Waals surface area contributed by atoms with Crippen LogP contribution in [0.4, 0.5) is 20.6 Å². The van der Waals surface area contributed by atoms with Gasteiger partial charge in [-0.2, -0.15) is 0 Å². The summed E-state index contributed by atoms with van der Waals surface area (Å²) in [6.07, 6.45) is 2.12. The van der Waals surface area contributed by atoms with E-state index < -0.39 is 18.0 Å². The number of nitrogens with zero attached hydrogens (tertiary/aromatic N) is 4. The van der Waals surface area contributed by atoms with Crippen molar-refractivity contribution in [3.63, 3.8) is 0 Å². The van der Waals surface area contributed by atoms with Crippen molar-refractivity contribution >= 4 is 23.4 Å². The van der Waals surface area contributed by atoms with E-state index >= 15 is 0 Å². The van der Waals surface area contributed by atoms with Crippen molar-refractivity contribution in [1.82, 2.24) is 15.5 Å². The zero-order valence-electron chi connectivity index (χ0n) is 18.7. The summed E-state index contributed by atoms with van der Waals surface area (Å²) in [5.74, 6) is -0.723. The van der Waals surface area contributed by atoms with Crippen molar-refractivity contribution < 1.29 is 28.1 Å². The number of nitrogens with two attached hydrogens (primary N) is 1. The highest BCUT2D eigenvalue weighted by molar-refractivity contribution is 5.90. The predicted molar refractivity (Wildman–Crippen MR) is 118 cm³/mol. The molecule has 1 atom stereocenters. The highest BCUT2D eigenvalue weighted by Gasteiger charge is 2.31. The molecule has 180 valence electrons. The minimum absolute atomic E-state index is 0.0825. The molecule has 2 heterocycles. The number of carbonyl (C=O) groups is 2. The second-order valence-corrected chi connectivity index (χ2v) is 7.43. The molecule has 33 heavy (non-hydrogen) atoms. The minimum Gasteiger partial charge on any atom is -0.443 e. The number of likely N-dealkylation sites (N-methyl/N-ethyl adjacent to an activating group) is 2. The molecule has 3 rings (SSSR count). The first-order chi connectivity index (χ1) is 15.9. The maximum Gasteiger partial charge on any atom is 0.414 e. The van der Waals surface area contributed by atoms with Crippen LogP contribution in [0.1, 0.15) is 12.5 Å². The molecule has 0 aliphatic carbocycles. The molecule has 2 amide bonds. The van der Waals surface area contributed by atoms with Crippen molar-refractivity contribution in [2.24, 2.45) is 5.73 Å². The summed E-state index contributed by atoms with van der Waals surface area (Å²) < 4.78 is 24.7. The molecule has 0 saturated carbocycles. The first-order valence-electron chi connectivity index (χ1n) is 10.6. The van der Waals surface area contributed by atoms with Crippen LogP contribution in [0.15, 0.2) is 35.2 Å². The third-order valence-electron chi connectivity index (χ3n) is 5.19. The van der Waals surface area contributed by atoms with Crippen LogP contribution in [0.2, 0.25) is 0 Å². The third-order valence-corrected chi connectivity index (χ3v) is 5.19. The molecule has 11 nitrogen and oxygen atoms in total. The standard InChI is InChI=1S/C21H29FN6O5/c1-3-27(6-7-32-26(2)20(29)12-24-10-15-11-25-31-14-15)19-5-4-16(8-18(19)22)28-13-17(9-23)33-21(28)30/h4-5,8,11,14,17,24H,3,6-7,9-10,12-13,23H2,1-2H3/t17-/m0/s1. The van der Waals surface area contributed by atoms with Gasteiger partial charge in [0, 0.05) is 38.8 Å². The molecule has 1 aliphatic rings. The number of carbonyl (C=O) groups excluding carboxylic acids is 2. The Labute approximate surface area is 191 Å². The van der Waals surface area contributed by atoms with Gasteiger partial charge in [0.1, 0.15) is 18.2 Å². The van der Waals surface area contributed by atoms with Crippen molar-refractivity contribution in [2.45, 2.75) is 19.6 Å². The first kappa shape index (κ1) is 24.4. The first-order valence-corrected chi connectivity index (χ1v) is 10.6. The van der Waals surface area contributed by atoms with Crippen LogP contribution in [0.25, 0.3) is 0 Å². The number of hydrogen-bond donors (Lipinski definition) is 2. The Hall–Kier alpha value is -3.22. The number of aromatic nitrogens is 1. The zero-order valence-corrected chi connectivity index (χ0v) is 18.7. The van der Waals surface area contributed by atoms with Crippen molar-refractivity contribution in [3.05, 3.63) is 42.0 Å². The smallest absolute Gasteiger partial charge is 0.414 e. The molecule has 0 spiro atoms. The van der Waals surface area contributed by atoms with Gasteiger partial charge < -0.3 is 25.2 Å². The van der Waals surface area contributed by atoms with E-state index in [4.69, 9.17) is 19.8 Å². The van der Waals surface area contributed by atoms with Crippen LogP contribution in [0.5, 0.6) is 0 Å². The Morgan fingerprint density at radius 2 is 2.27 bits per heavy atom. The number of hydroxylamine groups is 2. The number of halogens is 1. The number of rotatable bonds is 12. The van der Waals surface area contributed by atoms with Gasteiger partial charge in [0.25, 0.3) is 5.91 Å². The van der Waals surface area contributed by atoms with Crippen LogP contribution in [0.3, 0.4) is 0 Å². The van der Waals surface area contributed by atoms with E-state index in [0.29, 0.717) is 31.0 Å². The molecule has 12 heteroatoms. The van der Waals surface area contributed by atoms with Crippen LogP contribution >= 0.6 is 0 Å². The molecular formula is C21H29FN6O5. The summed E-state index contributed by atoms with van der Waals surface area (Å²) in [6, 6.07) is 4.58. The highest BCUT2D eigenvalue weighted by Crippen LogP contribution is 2.27. The van der Waals surface area contributed by atoms with E-state index in [0.717, 1.165) is 10.6 Å². The predicted octanol–water partition coefficient (Wildman–Crippen LogP) is 1.10. The molecule has 0 radical (unpaired) electrons. The van der Waals surface area contributed by atoms with Gasteiger partial charge in [-0.15, -0.1) is 0 Å². The van der Waals surface area contributed by atoms with E-state index in [1.807, 2.05) is 6.92 Å². The summed E-state index contributed by atoms with van der Waals surface area (Å²) in [5, 5.41) is 7.72. The van der Waals surface area contributed by atoms with E-state index in [1.54, 1.807) is 23.2 Å². The van der Waals surface area contributed by atoms with Gasteiger partial charge in [0.05, 0.1) is 37.3 Å². The normalized spacial score (nSPS) is 15.6. The maximum atomic E-state index is 14.8. The van der Waals surface area contributed by atoms with Crippen LogP contribution in [-0.2, 0) is 20.9 Å². The lowest BCUT2D eigenvalue weighted by Gasteiger charge is -2.26. The highest BCUT2D eigenvalue weighted by atomic mass is 19.1. The lowest BCUT2D eigenvalue weighted by Crippen LogP contribution is -2.37. The second-order valence-electron chi connectivity index (χ2n) is 7.43. The van der Waals surface area contributed by atoms with E-state index in [9.17, 15) is 14.0 Å². The van der Waals surface area contributed by atoms with Crippen LogP contribution in [0, 0.1) is 5.82 Å². The number of cyclic esters (lactones) is 1. The van der Waals surface area contributed by atoms with Crippen molar-refractivity contribution in [3.8, 4) is 0 Å². The van der Waals surface area contributed by atoms with Crippen molar-refractivity contribution in [1.29, 1.82) is 0 Å². The fourth-order valence-electron chi connectivity index (χ4n) is 3.32. The summed E-state index contributed by atoms with van der Waals surface area (Å²) in [7, 11) is 1.53. The lowest BCUT2D eigenvalue weighted by molar-refractivity contribution is -0.176. The number of hydrogen-bond acceptors (Lipinski definition) is 9. The quantitative estimate of drug-likeness (QED) is 0.444. The second kappa shape index (κ2) is 11.6. The van der Waals surface area contributed by atoms with Gasteiger partial charge in [-0.1, -0.05) is 5.16 Å². The van der Waals surface area contributed by atoms with Gasteiger partial charge >= 0.3 is 6.09 Å². The summed E-state index contributed by atoms with van der Waals surface area (Å²) in [4.78, 5) is 32.8. The molecular weight excluding hydrogens is 435 g/mol. The largest absolute Gasteiger partial charge is 0.443 e. The topological polar surface area (TPSA) is 126 Å². The van der Waals surface area contributed by atoms with Gasteiger partial charge in [-0.25, -0.2) is 14.2 Å².